The van der Waals surface area contributed by atoms with Crippen molar-refractivity contribution in [2.45, 2.75) is 13.5 Å². The smallest absolute Gasteiger partial charge is 0.420 e. The van der Waals surface area contributed by atoms with Crippen molar-refractivity contribution >= 4 is 11.1 Å². The van der Waals surface area contributed by atoms with Gasteiger partial charge in [-0.05, 0) is 31.2 Å². The molecule has 0 aliphatic carbocycles. The van der Waals surface area contributed by atoms with E-state index >= 15 is 0 Å². The molecule has 0 atom stereocenters. The highest BCUT2D eigenvalue weighted by molar-refractivity contribution is 5.72. The number of fused-ring (bicyclic) bond motifs is 1. The van der Waals surface area contributed by atoms with Gasteiger partial charge in [0, 0.05) is 0 Å². The quantitative estimate of drug-likeness (QED) is 0.730. The van der Waals surface area contributed by atoms with Crippen LogP contribution in [0.5, 0.6) is 5.75 Å². The maximum absolute atomic E-state index is 11.9. The molecule has 5 nitrogen and oxygen atoms in total. The highest BCUT2D eigenvalue weighted by Gasteiger charge is 2.09. The average molecular weight is 270 g/mol. The molecule has 0 aliphatic heterocycles. The molecule has 102 valence electrons. The molecule has 2 heterocycles. The minimum Gasteiger partial charge on any atom is -0.492 e. The molecule has 5 heteroatoms. The monoisotopic (exact) mass is 270 g/mol. The summed E-state index contributed by atoms with van der Waals surface area (Å²) in [7, 11) is 0. The van der Waals surface area contributed by atoms with Crippen LogP contribution in [0.3, 0.4) is 0 Å². The van der Waals surface area contributed by atoms with Crippen LogP contribution in [-0.2, 0) is 6.54 Å². The summed E-state index contributed by atoms with van der Waals surface area (Å²) < 4.78 is 12.1. The number of aromatic nitrogens is 2. The predicted octanol–water partition coefficient (Wildman–Crippen LogP) is 2.44. The van der Waals surface area contributed by atoms with Crippen LogP contribution in [0.25, 0.3) is 11.1 Å². The maximum atomic E-state index is 11.9. The van der Waals surface area contributed by atoms with Crippen molar-refractivity contribution in [1.29, 1.82) is 0 Å². The van der Waals surface area contributed by atoms with Gasteiger partial charge in [-0.25, -0.2) is 4.79 Å². The molecule has 1 aromatic carbocycles. The number of rotatable bonds is 4. The van der Waals surface area contributed by atoms with E-state index in [9.17, 15) is 4.79 Å². The Morgan fingerprint density at radius 2 is 2.10 bits per heavy atom. The third-order valence-electron chi connectivity index (χ3n) is 3.00. The van der Waals surface area contributed by atoms with E-state index in [0.717, 1.165) is 17.0 Å². The Morgan fingerprint density at radius 1 is 1.25 bits per heavy atom. The van der Waals surface area contributed by atoms with Gasteiger partial charge in [0.15, 0.2) is 5.58 Å². The van der Waals surface area contributed by atoms with Gasteiger partial charge in [-0.15, -0.1) is 0 Å². The zero-order valence-corrected chi connectivity index (χ0v) is 11.1. The van der Waals surface area contributed by atoms with E-state index in [1.54, 1.807) is 16.8 Å². The molecule has 0 aliphatic rings. The van der Waals surface area contributed by atoms with Gasteiger partial charge in [0.1, 0.15) is 5.75 Å². The summed E-state index contributed by atoms with van der Waals surface area (Å²) in [6, 6.07) is 11.0. The van der Waals surface area contributed by atoms with Gasteiger partial charge < -0.3 is 9.15 Å². The molecular weight excluding hydrogens is 256 g/mol. The molecule has 2 aromatic heterocycles. The van der Waals surface area contributed by atoms with Crippen molar-refractivity contribution in [3.8, 4) is 5.75 Å². The number of benzene rings is 1. The minimum atomic E-state index is -0.373. The lowest BCUT2D eigenvalue weighted by molar-refractivity contribution is 0.338. The molecular formula is C15H14N2O3. The normalized spacial score (nSPS) is 10.8. The number of ether oxygens (including phenoxy) is 1. The summed E-state index contributed by atoms with van der Waals surface area (Å²) in [4.78, 5) is 16.1. The molecule has 0 fully saturated rings. The van der Waals surface area contributed by atoms with Crippen molar-refractivity contribution in [2.24, 2.45) is 0 Å². The van der Waals surface area contributed by atoms with Gasteiger partial charge in [0.2, 0.25) is 0 Å². The molecule has 3 aromatic rings. The lowest BCUT2D eigenvalue weighted by Gasteiger charge is -2.04. The van der Waals surface area contributed by atoms with Gasteiger partial charge in [0.25, 0.3) is 0 Å². The summed E-state index contributed by atoms with van der Waals surface area (Å²) in [6.45, 7) is 2.90. The summed E-state index contributed by atoms with van der Waals surface area (Å²) in [5.74, 6) is 0.350. The molecule has 0 amide bonds. The first-order chi connectivity index (χ1) is 9.78. The molecule has 3 rings (SSSR count). The summed E-state index contributed by atoms with van der Waals surface area (Å²) in [5.41, 5.74) is 2.14. The Labute approximate surface area is 115 Å². The van der Waals surface area contributed by atoms with E-state index in [2.05, 4.69) is 4.98 Å². The second-order valence-corrected chi connectivity index (χ2v) is 4.34. The van der Waals surface area contributed by atoms with Gasteiger partial charge in [-0.3, -0.25) is 9.55 Å². The molecule has 0 spiro atoms. The molecule has 0 N–H and O–H groups in total. The van der Waals surface area contributed by atoms with E-state index in [-0.39, 0.29) is 5.76 Å². The zero-order valence-electron chi connectivity index (χ0n) is 11.1. The number of nitrogens with zero attached hydrogens (tertiary/aromatic N) is 2. The zero-order chi connectivity index (χ0) is 13.9. The van der Waals surface area contributed by atoms with Gasteiger partial charge in [-0.1, -0.05) is 12.1 Å². The van der Waals surface area contributed by atoms with Crippen LogP contribution >= 0.6 is 0 Å². The number of oxazole rings is 1. The van der Waals surface area contributed by atoms with E-state index in [1.165, 1.54) is 0 Å². The molecule has 0 bridgehead atoms. The first kappa shape index (κ1) is 12.5. The summed E-state index contributed by atoms with van der Waals surface area (Å²) in [5, 5.41) is 0. The van der Waals surface area contributed by atoms with Crippen molar-refractivity contribution in [1.82, 2.24) is 9.55 Å². The second-order valence-electron chi connectivity index (χ2n) is 4.34. The number of para-hydroxylation sites is 2. The Bertz CT molecular complexity index is 772. The topological polar surface area (TPSA) is 57.3 Å². The number of hydrogen-bond donors (Lipinski definition) is 0. The SMILES string of the molecule is CCOc1ccc(Cn2c(=O)oc3ccccc32)nc1. The first-order valence-electron chi connectivity index (χ1n) is 6.44. The standard InChI is InChI=1S/C15H14N2O3/c1-2-19-12-8-7-11(16-9-12)10-17-13-5-3-4-6-14(13)20-15(17)18/h3-9H,2,10H2,1H3. The van der Waals surface area contributed by atoms with Crippen LogP contribution in [0.1, 0.15) is 12.6 Å². The Hall–Kier alpha value is -2.56. The van der Waals surface area contributed by atoms with Crippen LogP contribution in [0, 0.1) is 0 Å². The van der Waals surface area contributed by atoms with Crippen LogP contribution in [0.15, 0.2) is 51.8 Å². The lowest BCUT2D eigenvalue weighted by atomic mass is 10.3. The predicted molar refractivity (Wildman–Crippen MR) is 75.0 cm³/mol. The minimum absolute atomic E-state index is 0.373. The van der Waals surface area contributed by atoms with Crippen molar-refractivity contribution < 1.29 is 9.15 Å². The molecule has 0 unspecified atom stereocenters. The van der Waals surface area contributed by atoms with E-state index in [0.29, 0.717) is 18.7 Å². The van der Waals surface area contributed by atoms with Crippen molar-refractivity contribution in [3.05, 3.63) is 58.8 Å². The molecule has 20 heavy (non-hydrogen) atoms. The van der Waals surface area contributed by atoms with E-state index in [4.69, 9.17) is 9.15 Å². The third kappa shape index (κ3) is 2.30. The summed E-state index contributed by atoms with van der Waals surface area (Å²) >= 11 is 0. The lowest BCUT2D eigenvalue weighted by Crippen LogP contribution is -2.15. The van der Waals surface area contributed by atoms with Crippen molar-refractivity contribution in [2.75, 3.05) is 6.61 Å². The fourth-order valence-electron chi connectivity index (χ4n) is 2.08. The van der Waals surface area contributed by atoms with E-state index < -0.39 is 0 Å². The Morgan fingerprint density at radius 3 is 2.85 bits per heavy atom. The maximum Gasteiger partial charge on any atom is 0.420 e. The second kappa shape index (κ2) is 5.21. The fourth-order valence-corrected chi connectivity index (χ4v) is 2.08. The Balaban J connectivity index is 1.93. The summed E-state index contributed by atoms with van der Waals surface area (Å²) in [6.07, 6.45) is 1.66. The number of hydrogen-bond acceptors (Lipinski definition) is 4. The Kier molecular flexibility index (Phi) is 3.25. The fraction of sp³-hybridized carbons (Fsp3) is 0.200. The highest BCUT2D eigenvalue weighted by Crippen LogP contribution is 2.14. The third-order valence-corrected chi connectivity index (χ3v) is 3.00. The van der Waals surface area contributed by atoms with Gasteiger partial charge >= 0.3 is 5.76 Å². The van der Waals surface area contributed by atoms with E-state index in [1.807, 2.05) is 37.3 Å². The molecule has 0 saturated heterocycles. The first-order valence-corrected chi connectivity index (χ1v) is 6.44. The van der Waals surface area contributed by atoms with Crippen LogP contribution < -0.4 is 10.5 Å². The average Bonchev–Trinajstić information content (AvgIpc) is 2.78. The van der Waals surface area contributed by atoms with Crippen LogP contribution in [0.2, 0.25) is 0 Å². The molecule has 0 radical (unpaired) electrons. The molecule has 0 saturated carbocycles. The largest absolute Gasteiger partial charge is 0.492 e. The van der Waals surface area contributed by atoms with Crippen LogP contribution in [0.4, 0.5) is 0 Å². The van der Waals surface area contributed by atoms with Gasteiger partial charge in [0.05, 0.1) is 30.6 Å². The van der Waals surface area contributed by atoms with Crippen LogP contribution in [-0.4, -0.2) is 16.2 Å². The highest BCUT2D eigenvalue weighted by atomic mass is 16.5. The van der Waals surface area contributed by atoms with Gasteiger partial charge in [-0.2, -0.15) is 0 Å². The van der Waals surface area contributed by atoms with Crippen molar-refractivity contribution in [3.63, 3.8) is 0 Å². The number of pyridine rings is 1.